The number of hydrogen-bond acceptors (Lipinski definition) is 2. The molecule has 1 aliphatic rings. The van der Waals surface area contributed by atoms with Gasteiger partial charge in [-0.3, -0.25) is 0 Å². The number of rotatable bonds is 4. The van der Waals surface area contributed by atoms with Crippen LogP contribution in [0.25, 0.3) is 5.69 Å². The van der Waals surface area contributed by atoms with E-state index in [0.29, 0.717) is 18.0 Å². The molecule has 0 spiro atoms. The van der Waals surface area contributed by atoms with Crippen molar-refractivity contribution in [2.75, 3.05) is 12.4 Å². The van der Waals surface area contributed by atoms with Gasteiger partial charge < -0.3 is 19.5 Å². The Morgan fingerprint density at radius 2 is 1.82 bits per heavy atom. The van der Waals surface area contributed by atoms with Crippen LogP contribution in [0.3, 0.4) is 0 Å². The van der Waals surface area contributed by atoms with Gasteiger partial charge in [0.05, 0.1) is 31.1 Å². The first-order chi connectivity index (χ1) is 16.6. The largest absolute Gasteiger partial charge is 0.495 e. The number of carbonyl (C=O) groups excluding carboxylic acids is 1. The minimum Gasteiger partial charge on any atom is -0.495 e. The number of aryl methyl sites for hydroxylation is 2. The lowest BCUT2D eigenvalue weighted by molar-refractivity contribution is 0.194. The zero-order valence-corrected chi connectivity index (χ0v) is 19.8. The molecule has 1 atom stereocenters. The van der Waals surface area contributed by atoms with Gasteiger partial charge in [-0.15, -0.1) is 0 Å². The molecule has 1 aliphatic heterocycles. The van der Waals surface area contributed by atoms with Crippen LogP contribution in [-0.4, -0.2) is 22.6 Å². The minimum absolute atomic E-state index is 0.169. The monoisotopic (exact) mass is 451 g/mol. The van der Waals surface area contributed by atoms with E-state index in [2.05, 4.69) is 65.5 Å². The van der Waals surface area contributed by atoms with Gasteiger partial charge in [0.2, 0.25) is 0 Å². The fourth-order valence-electron chi connectivity index (χ4n) is 4.73. The number of fused-ring (bicyclic) bond motifs is 3. The Balaban J connectivity index is 1.62. The molecule has 0 bridgehead atoms. The normalized spacial score (nSPS) is 14.7. The molecule has 1 N–H and O–H groups in total. The quantitative estimate of drug-likeness (QED) is 0.385. The molecule has 3 aromatic carbocycles. The first-order valence-corrected chi connectivity index (χ1v) is 11.7. The number of urea groups is 1. The number of aromatic nitrogens is 1. The molecular weight excluding hydrogens is 422 g/mol. The van der Waals surface area contributed by atoms with Crippen LogP contribution in [0.2, 0.25) is 0 Å². The molecule has 4 aromatic rings. The lowest BCUT2D eigenvalue weighted by Gasteiger charge is -2.31. The van der Waals surface area contributed by atoms with E-state index in [1.54, 1.807) is 7.11 Å². The summed E-state index contributed by atoms with van der Waals surface area (Å²) >= 11 is 0. The smallest absolute Gasteiger partial charge is 0.323 e. The predicted molar refractivity (Wildman–Crippen MR) is 136 cm³/mol. The molecular formula is C29H29N3O2. The molecule has 0 unspecified atom stereocenters. The van der Waals surface area contributed by atoms with Crippen LogP contribution in [0.5, 0.6) is 5.75 Å². The Kier molecular flexibility index (Phi) is 5.84. The Hall–Kier alpha value is -3.99. The average Bonchev–Trinajstić information content (AvgIpc) is 3.28. The number of nitrogens with one attached hydrogen (secondary N) is 1. The molecule has 172 valence electrons. The van der Waals surface area contributed by atoms with Gasteiger partial charge in [-0.05, 0) is 65.9 Å². The highest BCUT2D eigenvalue weighted by molar-refractivity contribution is 5.92. The summed E-state index contributed by atoms with van der Waals surface area (Å²) in [5.74, 6) is 0.640. The van der Waals surface area contributed by atoms with Crippen molar-refractivity contribution in [3.05, 3.63) is 113 Å². The molecule has 2 heterocycles. The van der Waals surface area contributed by atoms with Crippen molar-refractivity contribution in [2.24, 2.45) is 0 Å². The summed E-state index contributed by atoms with van der Waals surface area (Å²) in [5.41, 5.74) is 7.33. The van der Waals surface area contributed by atoms with Crippen LogP contribution in [0, 0.1) is 6.92 Å². The summed E-state index contributed by atoms with van der Waals surface area (Å²) < 4.78 is 7.72. The predicted octanol–water partition coefficient (Wildman–Crippen LogP) is 6.49. The van der Waals surface area contributed by atoms with E-state index in [1.165, 1.54) is 5.56 Å². The number of para-hydroxylation sites is 1. The molecule has 0 aliphatic carbocycles. The number of hydrogen-bond donors (Lipinski definition) is 1. The van der Waals surface area contributed by atoms with Gasteiger partial charge in [0.1, 0.15) is 5.75 Å². The van der Waals surface area contributed by atoms with Crippen molar-refractivity contribution in [3.8, 4) is 11.4 Å². The fraction of sp³-hybridized carbons (Fsp3) is 0.207. The number of benzene rings is 3. The van der Waals surface area contributed by atoms with Gasteiger partial charge in [0.25, 0.3) is 0 Å². The summed E-state index contributed by atoms with van der Waals surface area (Å²) in [6, 6.07) is 26.4. The second-order valence-corrected chi connectivity index (χ2v) is 8.69. The van der Waals surface area contributed by atoms with E-state index in [1.807, 2.05) is 48.2 Å². The topological polar surface area (TPSA) is 46.5 Å². The third-order valence-corrected chi connectivity index (χ3v) is 6.53. The number of anilines is 1. The number of ether oxygens (including phenoxy) is 1. The van der Waals surface area contributed by atoms with Crippen LogP contribution >= 0.6 is 0 Å². The highest BCUT2D eigenvalue weighted by atomic mass is 16.5. The van der Waals surface area contributed by atoms with Crippen molar-refractivity contribution in [1.82, 2.24) is 9.47 Å². The van der Waals surface area contributed by atoms with Gasteiger partial charge in [0.15, 0.2) is 0 Å². The van der Waals surface area contributed by atoms with E-state index in [-0.39, 0.29) is 12.1 Å². The summed E-state index contributed by atoms with van der Waals surface area (Å²) in [7, 11) is 1.62. The third kappa shape index (κ3) is 3.94. The van der Waals surface area contributed by atoms with Crippen molar-refractivity contribution < 1.29 is 9.53 Å². The lowest BCUT2D eigenvalue weighted by atomic mass is 10.00. The van der Waals surface area contributed by atoms with E-state index in [9.17, 15) is 4.79 Å². The molecule has 1 aromatic heterocycles. The number of carbonyl (C=O) groups is 1. The Labute approximate surface area is 200 Å². The molecule has 5 heteroatoms. The Bertz CT molecular complexity index is 1320. The molecule has 0 saturated heterocycles. The molecule has 5 nitrogen and oxygen atoms in total. The standard InChI is InChI=1S/C29H29N3O2/c1-4-21-12-14-22(15-13-21)28-26-10-7-17-31(26)25-9-6-5-8-23(25)19-32(28)29(33)30-24-18-20(2)11-16-27(24)34-3/h5-18,28H,4,19H2,1-3H3,(H,30,33)/t28-/m0/s1. The molecule has 2 amide bonds. The van der Waals surface area contributed by atoms with Gasteiger partial charge in [-0.2, -0.15) is 0 Å². The van der Waals surface area contributed by atoms with Crippen molar-refractivity contribution >= 4 is 11.7 Å². The maximum atomic E-state index is 13.9. The maximum absolute atomic E-state index is 13.9. The number of methoxy groups -OCH3 is 1. The van der Waals surface area contributed by atoms with Crippen molar-refractivity contribution in [3.63, 3.8) is 0 Å². The van der Waals surface area contributed by atoms with Crippen LogP contribution < -0.4 is 10.1 Å². The minimum atomic E-state index is -0.246. The zero-order chi connectivity index (χ0) is 23.7. The SMILES string of the molecule is CCc1ccc([C@H]2c3cccn3-c3ccccc3CN2C(=O)Nc2cc(C)ccc2OC)cc1. The number of amides is 2. The first-order valence-electron chi connectivity index (χ1n) is 11.7. The molecule has 5 rings (SSSR count). The van der Waals surface area contributed by atoms with Crippen molar-refractivity contribution in [2.45, 2.75) is 32.9 Å². The highest BCUT2D eigenvalue weighted by Gasteiger charge is 2.33. The van der Waals surface area contributed by atoms with Crippen LogP contribution in [0.15, 0.2) is 85.1 Å². The third-order valence-electron chi connectivity index (χ3n) is 6.53. The van der Waals surface area contributed by atoms with Crippen LogP contribution in [-0.2, 0) is 13.0 Å². The summed E-state index contributed by atoms with van der Waals surface area (Å²) in [6.45, 7) is 4.64. The van der Waals surface area contributed by atoms with E-state index in [4.69, 9.17) is 4.74 Å². The molecule has 0 radical (unpaired) electrons. The average molecular weight is 452 g/mol. The summed E-state index contributed by atoms with van der Waals surface area (Å²) in [6.07, 6.45) is 3.05. The lowest BCUT2D eigenvalue weighted by Crippen LogP contribution is -2.38. The van der Waals surface area contributed by atoms with E-state index < -0.39 is 0 Å². The molecule has 0 fully saturated rings. The van der Waals surface area contributed by atoms with Crippen LogP contribution in [0.1, 0.15) is 40.9 Å². The maximum Gasteiger partial charge on any atom is 0.323 e. The second kappa shape index (κ2) is 9.10. The zero-order valence-electron chi connectivity index (χ0n) is 19.8. The van der Waals surface area contributed by atoms with Gasteiger partial charge >= 0.3 is 6.03 Å². The highest BCUT2D eigenvalue weighted by Crippen LogP contribution is 2.37. The Morgan fingerprint density at radius 1 is 1.03 bits per heavy atom. The Morgan fingerprint density at radius 3 is 2.59 bits per heavy atom. The van der Waals surface area contributed by atoms with E-state index >= 15 is 0 Å². The van der Waals surface area contributed by atoms with Gasteiger partial charge in [-0.1, -0.05) is 55.5 Å². The first kappa shape index (κ1) is 21.8. The molecule has 0 saturated carbocycles. The van der Waals surface area contributed by atoms with Gasteiger partial charge in [-0.25, -0.2) is 4.79 Å². The van der Waals surface area contributed by atoms with E-state index in [0.717, 1.165) is 34.5 Å². The molecule has 34 heavy (non-hydrogen) atoms. The summed E-state index contributed by atoms with van der Waals surface area (Å²) in [4.78, 5) is 15.8. The second-order valence-electron chi connectivity index (χ2n) is 8.69. The van der Waals surface area contributed by atoms with Crippen molar-refractivity contribution in [1.29, 1.82) is 0 Å². The fourth-order valence-corrected chi connectivity index (χ4v) is 4.73. The number of nitrogens with zero attached hydrogens (tertiary/aromatic N) is 2. The summed E-state index contributed by atoms with van der Waals surface area (Å²) in [5, 5.41) is 3.13. The van der Waals surface area contributed by atoms with Crippen LogP contribution in [0.4, 0.5) is 10.5 Å². The van der Waals surface area contributed by atoms with Gasteiger partial charge in [0, 0.05) is 11.9 Å².